The fourth-order valence-electron chi connectivity index (χ4n) is 2.11. The molecule has 0 aromatic carbocycles. The number of carbonyl (C=O) groups is 1. The average molecular weight is 280 g/mol. The average Bonchev–Trinajstić information content (AvgIpc) is 2.53. The Hall–Kier alpha value is -1.77. The first-order chi connectivity index (χ1) is 9.74. The van der Waals surface area contributed by atoms with Gasteiger partial charge in [-0.3, -0.25) is 14.9 Å². The molecule has 1 saturated heterocycles. The monoisotopic (exact) mass is 280 g/mol. The van der Waals surface area contributed by atoms with Gasteiger partial charge in [-0.1, -0.05) is 0 Å². The Balaban J connectivity index is 1.89. The highest BCUT2D eigenvalue weighted by Crippen LogP contribution is 2.10. The van der Waals surface area contributed by atoms with Gasteiger partial charge in [-0.25, -0.2) is 15.4 Å². The summed E-state index contributed by atoms with van der Waals surface area (Å²) in [4.78, 5) is 24.0. The molecule has 1 aromatic rings. The molecule has 0 spiro atoms. The summed E-state index contributed by atoms with van der Waals surface area (Å²) in [5.74, 6) is 0.0150. The van der Waals surface area contributed by atoms with Gasteiger partial charge in [0.05, 0.1) is 5.56 Å². The predicted octanol–water partition coefficient (Wildman–Crippen LogP) is -1.06. The van der Waals surface area contributed by atoms with Gasteiger partial charge in [-0.2, -0.15) is 0 Å². The van der Waals surface area contributed by atoms with Crippen LogP contribution in [-0.4, -0.2) is 72.3 Å². The molecule has 0 aliphatic carbocycles. The molecule has 8 heteroatoms. The van der Waals surface area contributed by atoms with E-state index in [0.29, 0.717) is 5.95 Å². The van der Waals surface area contributed by atoms with Crippen LogP contribution in [0.1, 0.15) is 10.4 Å². The molecule has 1 aromatic heterocycles. The number of nitrogens with one attached hydrogen (secondary N) is 2. The van der Waals surface area contributed by atoms with Gasteiger partial charge in [0, 0.05) is 51.7 Å². The molecule has 20 heavy (non-hydrogen) atoms. The first-order valence-corrected chi connectivity index (χ1v) is 6.63. The molecule has 0 bridgehead atoms. The third kappa shape index (κ3) is 3.62. The summed E-state index contributed by atoms with van der Waals surface area (Å²) >= 11 is 0. The Morgan fingerprint density at radius 1 is 1.30 bits per heavy atom. The second kappa shape index (κ2) is 7.13. The summed E-state index contributed by atoms with van der Waals surface area (Å²) in [5.41, 5.74) is 1.80. The number of carbonyl (C=O) groups excluding carboxylic acids is 1. The predicted molar refractivity (Wildman–Crippen MR) is 73.9 cm³/mol. The van der Waals surface area contributed by atoms with Gasteiger partial charge in [0.25, 0.3) is 5.91 Å². The number of hydrogen-bond acceptors (Lipinski definition) is 7. The van der Waals surface area contributed by atoms with Crippen LogP contribution in [0.3, 0.4) is 0 Å². The number of likely N-dealkylation sites (N-methyl/N-ethyl adjacent to an activating group) is 1. The SMILES string of the molecule is CNCCN1CCN(c2ncc(C(=O)NO)cn2)CC1. The lowest BCUT2D eigenvalue weighted by Crippen LogP contribution is -2.48. The normalized spacial score (nSPS) is 16.2. The second-order valence-corrected chi connectivity index (χ2v) is 4.64. The van der Waals surface area contributed by atoms with Crippen molar-refractivity contribution in [2.75, 3.05) is 51.2 Å². The highest BCUT2D eigenvalue weighted by Gasteiger charge is 2.18. The molecule has 1 aliphatic heterocycles. The first kappa shape index (κ1) is 14.6. The minimum Gasteiger partial charge on any atom is -0.338 e. The zero-order valence-corrected chi connectivity index (χ0v) is 11.5. The molecule has 3 N–H and O–H groups in total. The number of nitrogens with zero attached hydrogens (tertiary/aromatic N) is 4. The van der Waals surface area contributed by atoms with Crippen LogP contribution in [0.2, 0.25) is 0 Å². The third-order valence-electron chi connectivity index (χ3n) is 3.34. The zero-order valence-electron chi connectivity index (χ0n) is 11.5. The number of piperazine rings is 1. The summed E-state index contributed by atoms with van der Waals surface area (Å²) in [7, 11) is 1.95. The van der Waals surface area contributed by atoms with Gasteiger partial charge in [-0.15, -0.1) is 0 Å². The maximum absolute atomic E-state index is 11.2. The third-order valence-corrected chi connectivity index (χ3v) is 3.34. The van der Waals surface area contributed by atoms with Gasteiger partial charge in [0.1, 0.15) is 0 Å². The largest absolute Gasteiger partial charge is 0.338 e. The maximum Gasteiger partial charge on any atom is 0.277 e. The maximum atomic E-state index is 11.2. The van der Waals surface area contributed by atoms with Crippen LogP contribution >= 0.6 is 0 Å². The van der Waals surface area contributed by atoms with Crippen molar-refractivity contribution >= 4 is 11.9 Å². The molecule has 1 aliphatic rings. The smallest absolute Gasteiger partial charge is 0.277 e. The second-order valence-electron chi connectivity index (χ2n) is 4.64. The number of hydroxylamine groups is 1. The Morgan fingerprint density at radius 2 is 1.95 bits per heavy atom. The number of aromatic nitrogens is 2. The van der Waals surface area contributed by atoms with Gasteiger partial charge < -0.3 is 10.2 Å². The van der Waals surface area contributed by atoms with E-state index in [4.69, 9.17) is 5.21 Å². The van der Waals surface area contributed by atoms with Crippen molar-refractivity contribution in [3.8, 4) is 0 Å². The van der Waals surface area contributed by atoms with Crippen LogP contribution in [0, 0.1) is 0 Å². The van der Waals surface area contributed by atoms with Crippen LogP contribution in [0.15, 0.2) is 12.4 Å². The van der Waals surface area contributed by atoms with E-state index >= 15 is 0 Å². The Morgan fingerprint density at radius 3 is 2.50 bits per heavy atom. The first-order valence-electron chi connectivity index (χ1n) is 6.63. The van der Waals surface area contributed by atoms with E-state index in [9.17, 15) is 4.79 Å². The number of hydrogen-bond donors (Lipinski definition) is 3. The lowest BCUT2D eigenvalue weighted by atomic mass is 10.3. The van der Waals surface area contributed by atoms with Crippen LogP contribution in [-0.2, 0) is 0 Å². The van der Waals surface area contributed by atoms with E-state index in [2.05, 4.69) is 25.1 Å². The van der Waals surface area contributed by atoms with Crippen molar-refractivity contribution in [3.63, 3.8) is 0 Å². The summed E-state index contributed by atoms with van der Waals surface area (Å²) in [6.45, 7) is 5.72. The molecule has 110 valence electrons. The molecule has 0 atom stereocenters. The Bertz CT molecular complexity index is 430. The Labute approximate surface area is 117 Å². The Kier molecular flexibility index (Phi) is 5.22. The van der Waals surface area contributed by atoms with Crippen molar-refractivity contribution < 1.29 is 10.0 Å². The van der Waals surface area contributed by atoms with Crippen LogP contribution < -0.4 is 15.7 Å². The van der Waals surface area contributed by atoms with Gasteiger partial charge >= 0.3 is 0 Å². The van der Waals surface area contributed by atoms with Gasteiger partial charge in [0.2, 0.25) is 5.95 Å². The van der Waals surface area contributed by atoms with Crippen molar-refractivity contribution in [1.82, 2.24) is 25.7 Å². The summed E-state index contributed by atoms with van der Waals surface area (Å²) in [5, 5.41) is 11.7. The van der Waals surface area contributed by atoms with Crippen LogP contribution in [0.4, 0.5) is 5.95 Å². The minimum atomic E-state index is -0.603. The van der Waals surface area contributed by atoms with E-state index in [1.165, 1.54) is 12.4 Å². The lowest BCUT2D eigenvalue weighted by molar-refractivity contribution is 0.0705. The fraction of sp³-hybridized carbons (Fsp3) is 0.583. The van der Waals surface area contributed by atoms with E-state index in [1.807, 2.05) is 7.05 Å². The minimum absolute atomic E-state index is 0.240. The van der Waals surface area contributed by atoms with E-state index < -0.39 is 5.91 Å². The zero-order chi connectivity index (χ0) is 14.4. The molecular formula is C12H20N6O2. The molecule has 1 amide bonds. The van der Waals surface area contributed by atoms with E-state index in [1.54, 1.807) is 5.48 Å². The van der Waals surface area contributed by atoms with Gasteiger partial charge in [-0.05, 0) is 7.05 Å². The van der Waals surface area contributed by atoms with Crippen molar-refractivity contribution in [2.45, 2.75) is 0 Å². The number of amides is 1. The van der Waals surface area contributed by atoms with Crippen molar-refractivity contribution in [2.24, 2.45) is 0 Å². The highest BCUT2D eigenvalue weighted by molar-refractivity contribution is 5.92. The highest BCUT2D eigenvalue weighted by atomic mass is 16.5. The molecule has 0 radical (unpaired) electrons. The molecule has 8 nitrogen and oxygen atoms in total. The van der Waals surface area contributed by atoms with E-state index in [0.717, 1.165) is 39.3 Å². The summed E-state index contributed by atoms with van der Waals surface area (Å²) < 4.78 is 0. The molecule has 2 rings (SSSR count). The molecule has 2 heterocycles. The molecule has 0 unspecified atom stereocenters. The lowest BCUT2D eigenvalue weighted by Gasteiger charge is -2.34. The van der Waals surface area contributed by atoms with E-state index in [-0.39, 0.29) is 5.56 Å². The quantitative estimate of drug-likeness (QED) is 0.467. The number of anilines is 1. The van der Waals surface area contributed by atoms with Crippen LogP contribution in [0.25, 0.3) is 0 Å². The molecule has 1 fully saturated rings. The van der Waals surface area contributed by atoms with Crippen LogP contribution in [0.5, 0.6) is 0 Å². The fourth-order valence-corrected chi connectivity index (χ4v) is 2.11. The van der Waals surface area contributed by atoms with Crippen molar-refractivity contribution in [3.05, 3.63) is 18.0 Å². The summed E-state index contributed by atoms with van der Waals surface area (Å²) in [6, 6.07) is 0. The summed E-state index contributed by atoms with van der Waals surface area (Å²) in [6.07, 6.45) is 2.84. The standard InChI is InChI=1S/C12H20N6O2/c1-13-2-3-17-4-6-18(7-5-17)12-14-8-10(9-15-12)11(19)16-20/h8-9,13,20H,2-7H2,1H3,(H,16,19). The topological polar surface area (TPSA) is 93.6 Å². The molecule has 0 saturated carbocycles. The molecular weight excluding hydrogens is 260 g/mol. The van der Waals surface area contributed by atoms with Crippen molar-refractivity contribution in [1.29, 1.82) is 0 Å². The number of rotatable bonds is 5. The van der Waals surface area contributed by atoms with Gasteiger partial charge in [0.15, 0.2) is 0 Å².